The van der Waals surface area contributed by atoms with E-state index in [2.05, 4.69) is 5.32 Å². The van der Waals surface area contributed by atoms with Gasteiger partial charge in [-0.1, -0.05) is 6.42 Å². The smallest absolute Gasteiger partial charge is 0.480 e. The fourth-order valence-electron chi connectivity index (χ4n) is 4.44. The molecule has 0 bridgehead atoms. The summed E-state index contributed by atoms with van der Waals surface area (Å²) in [5, 5.41) is 38.2. The van der Waals surface area contributed by atoms with Crippen LogP contribution in [0.5, 0.6) is 0 Å². The van der Waals surface area contributed by atoms with E-state index in [1.54, 1.807) is 4.31 Å². The van der Waals surface area contributed by atoms with Crippen LogP contribution < -0.4 is 11.1 Å². The van der Waals surface area contributed by atoms with E-state index >= 15 is 0 Å². The minimum Gasteiger partial charge on any atom is -0.480 e. The molecule has 0 spiro atoms. The van der Waals surface area contributed by atoms with E-state index in [4.69, 9.17) is 25.7 Å². The largest absolute Gasteiger partial charge is 0.490 e. The van der Waals surface area contributed by atoms with E-state index in [1.807, 2.05) is 0 Å². The normalized spacial score (nSPS) is 25.9. The van der Waals surface area contributed by atoms with Crippen molar-refractivity contribution in [3.8, 4) is 0 Å². The van der Waals surface area contributed by atoms with Crippen molar-refractivity contribution in [3.05, 3.63) is 0 Å². The third kappa shape index (κ3) is 8.26. The third-order valence-electron chi connectivity index (χ3n) is 6.72. The average molecular weight is 546 g/mol. The molecule has 1 saturated carbocycles. The Balaban J connectivity index is 0.000000572. The molecule has 0 amide bonds. The Morgan fingerprint density at radius 1 is 1.14 bits per heavy atom. The molecule has 2 aliphatic heterocycles. The van der Waals surface area contributed by atoms with Crippen LogP contribution in [-0.2, 0) is 19.8 Å². The Morgan fingerprint density at radius 3 is 2.14 bits per heavy atom. The Hall–Kier alpha value is -1.50. The van der Waals surface area contributed by atoms with Gasteiger partial charge in [-0.3, -0.25) is 4.79 Å². The second-order valence-electron chi connectivity index (χ2n) is 9.55. The summed E-state index contributed by atoms with van der Waals surface area (Å²) in [7, 11) is -5.31. The van der Waals surface area contributed by atoms with Gasteiger partial charge < -0.3 is 31.3 Å². The lowest BCUT2D eigenvalue weighted by atomic mass is 9.78. The second kappa shape index (κ2) is 12.4. The Morgan fingerprint density at radius 2 is 1.69 bits per heavy atom. The molecule has 208 valence electrons. The number of hydrogen-bond donors (Lipinski definition) is 6. The molecule has 12 nitrogen and oxygen atoms in total. The van der Waals surface area contributed by atoms with Crippen LogP contribution in [-0.4, -0.2) is 107 Å². The number of hydrogen-bond acceptors (Lipinski definition) is 8. The van der Waals surface area contributed by atoms with Gasteiger partial charge in [0.05, 0.1) is 0 Å². The number of nitrogens with one attached hydrogen (secondary N) is 1. The molecule has 0 aromatic rings. The highest BCUT2D eigenvalue weighted by Crippen LogP contribution is 2.37. The summed E-state index contributed by atoms with van der Waals surface area (Å²) in [5.41, 5.74) is 4.51. The lowest BCUT2D eigenvalue weighted by Crippen LogP contribution is -2.56. The summed E-state index contributed by atoms with van der Waals surface area (Å²) in [6.07, 6.45) is -0.764. The first kappa shape index (κ1) is 30.7. The molecule has 0 aromatic carbocycles. The van der Waals surface area contributed by atoms with Gasteiger partial charge >= 0.3 is 25.2 Å². The first-order valence-electron chi connectivity index (χ1n) is 11.7. The lowest BCUT2D eigenvalue weighted by Gasteiger charge is -2.36. The molecule has 3 fully saturated rings. The number of carbonyl (C=O) groups is 2. The molecule has 0 radical (unpaired) electrons. The molecule has 2 atom stereocenters. The zero-order chi connectivity index (χ0) is 27.3. The molecule has 36 heavy (non-hydrogen) atoms. The van der Waals surface area contributed by atoms with Gasteiger partial charge in [-0.05, 0) is 57.4 Å². The van der Waals surface area contributed by atoms with Crippen LogP contribution in [0.4, 0.5) is 13.2 Å². The molecule has 7 N–H and O–H groups in total. The number of carboxylic acids is 2. The summed E-state index contributed by atoms with van der Waals surface area (Å²) in [5.74, 6) is -4.18. The maximum Gasteiger partial charge on any atom is 0.490 e. The maximum absolute atomic E-state index is 13.5. The topological polar surface area (TPSA) is 194 Å². The fourth-order valence-corrected chi connectivity index (χ4v) is 6.47. The minimum atomic E-state index is -5.08. The van der Waals surface area contributed by atoms with Crippen molar-refractivity contribution in [2.45, 2.75) is 62.6 Å². The van der Waals surface area contributed by atoms with Gasteiger partial charge in [-0.25, -0.2) is 4.79 Å². The Bertz CT molecular complexity index is 871. The van der Waals surface area contributed by atoms with E-state index in [1.165, 1.54) is 4.31 Å². The summed E-state index contributed by atoms with van der Waals surface area (Å²) >= 11 is 0. The fraction of sp³-hybridized carbons (Fsp3) is 0.895. The number of rotatable bonds is 10. The highest BCUT2D eigenvalue weighted by molar-refractivity contribution is 7.86. The quantitative estimate of drug-likeness (QED) is 0.191. The van der Waals surface area contributed by atoms with Gasteiger partial charge in [0, 0.05) is 31.6 Å². The summed E-state index contributed by atoms with van der Waals surface area (Å²) in [6.45, 7) is 1.80. The van der Waals surface area contributed by atoms with Crippen molar-refractivity contribution in [3.63, 3.8) is 0 Å². The summed E-state index contributed by atoms with van der Waals surface area (Å²) in [4.78, 5) is 20.8. The van der Waals surface area contributed by atoms with Gasteiger partial charge in [0.1, 0.15) is 5.54 Å². The molecule has 0 aromatic heterocycles. The Labute approximate surface area is 207 Å². The van der Waals surface area contributed by atoms with Crippen LogP contribution in [0.3, 0.4) is 0 Å². The number of halogens is 3. The average Bonchev–Trinajstić information content (AvgIpc) is 3.53. The van der Waals surface area contributed by atoms with Crippen LogP contribution in [0, 0.1) is 11.8 Å². The number of carboxylic acid groups (broad SMARTS) is 2. The van der Waals surface area contributed by atoms with Crippen LogP contribution in [0.25, 0.3) is 0 Å². The highest BCUT2D eigenvalue weighted by atomic mass is 32.2. The first-order valence-corrected chi connectivity index (χ1v) is 13.1. The molecule has 17 heteroatoms. The summed E-state index contributed by atoms with van der Waals surface area (Å²) in [6, 6.07) is -0.0811. The number of nitrogens with two attached hydrogens (primary N) is 1. The van der Waals surface area contributed by atoms with Crippen LogP contribution >= 0.6 is 0 Å². The van der Waals surface area contributed by atoms with Crippen molar-refractivity contribution >= 4 is 29.3 Å². The van der Waals surface area contributed by atoms with Gasteiger partial charge in [0.25, 0.3) is 10.2 Å². The van der Waals surface area contributed by atoms with E-state index in [-0.39, 0.29) is 25.5 Å². The van der Waals surface area contributed by atoms with Crippen molar-refractivity contribution < 1.29 is 51.4 Å². The van der Waals surface area contributed by atoms with Gasteiger partial charge in [-0.2, -0.15) is 30.2 Å². The van der Waals surface area contributed by atoms with Gasteiger partial charge in [0.2, 0.25) is 0 Å². The third-order valence-corrected chi connectivity index (χ3v) is 8.69. The summed E-state index contributed by atoms with van der Waals surface area (Å²) < 4.78 is 61.6. The second-order valence-corrected chi connectivity index (χ2v) is 11.4. The van der Waals surface area contributed by atoms with E-state index in [0.29, 0.717) is 25.3 Å². The van der Waals surface area contributed by atoms with Crippen LogP contribution in [0.2, 0.25) is 6.32 Å². The molecular weight excluding hydrogens is 512 g/mol. The predicted octanol–water partition coefficient (Wildman–Crippen LogP) is -0.705. The zero-order valence-corrected chi connectivity index (χ0v) is 20.5. The van der Waals surface area contributed by atoms with E-state index in [0.717, 1.165) is 38.8 Å². The highest BCUT2D eigenvalue weighted by Gasteiger charge is 2.54. The first-order chi connectivity index (χ1) is 16.6. The monoisotopic (exact) mass is 546 g/mol. The standard InChI is InChI=1S/C17H33BN4O6S.C2HF3O2/c19-17(16(23)24)12-21(11-14(17)2-1-7-18(25)26)29(27,28)22(10-13-3-4-13)15-5-8-20-9-6-15;3-2(4,5)1(6)7/h13-15,20,25-26H,1-12,19H2,(H,23,24);(H,6,7)/t14-,17-;/m0./s1. The number of aliphatic carboxylic acids is 2. The van der Waals surface area contributed by atoms with Crippen LogP contribution in [0.15, 0.2) is 0 Å². The number of piperidine rings is 1. The van der Waals surface area contributed by atoms with E-state index in [9.17, 15) is 31.5 Å². The van der Waals surface area contributed by atoms with Crippen molar-refractivity contribution in [1.29, 1.82) is 0 Å². The van der Waals surface area contributed by atoms with Crippen molar-refractivity contribution in [1.82, 2.24) is 13.9 Å². The SMILES string of the molecule is N[C@@]1(C(=O)O)CN(S(=O)(=O)N(CC2CC2)C2CCNCC2)C[C@@H]1CCCB(O)O.O=C(O)C(F)(F)F. The number of alkyl halides is 3. The molecule has 1 aliphatic carbocycles. The molecule has 2 heterocycles. The van der Waals surface area contributed by atoms with Crippen molar-refractivity contribution in [2.75, 3.05) is 32.7 Å². The van der Waals surface area contributed by atoms with Crippen molar-refractivity contribution in [2.24, 2.45) is 17.6 Å². The maximum atomic E-state index is 13.5. The molecule has 3 aliphatic rings. The molecular formula is C19H34BF3N4O8S. The van der Waals surface area contributed by atoms with Crippen LogP contribution in [0.1, 0.15) is 38.5 Å². The van der Waals surface area contributed by atoms with Gasteiger partial charge in [0.15, 0.2) is 0 Å². The number of nitrogens with zero attached hydrogens (tertiary/aromatic N) is 2. The molecule has 0 unspecified atom stereocenters. The lowest BCUT2D eigenvalue weighted by molar-refractivity contribution is -0.192. The minimum absolute atomic E-state index is 0.0405. The molecule has 3 rings (SSSR count). The van der Waals surface area contributed by atoms with E-state index < -0.39 is 46.9 Å². The zero-order valence-electron chi connectivity index (χ0n) is 19.7. The Kier molecular flexibility index (Phi) is 10.6. The van der Waals surface area contributed by atoms with Gasteiger partial charge in [-0.15, -0.1) is 0 Å². The predicted molar refractivity (Wildman–Crippen MR) is 122 cm³/mol. The molecule has 2 saturated heterocycles.